The smallest absolute Gasteiger partial charge is 0.268 e. The minimum Gasteiger partial charge on any atom is -0.399 e. The Labute approximate surface area is 124 Å². The Morgan fingerprint density at radius 1 is 1.29 bits per heavy atom. The van der Waals surface area contributed by atoms with Crippen LogP contribution in [0.3, 0.4) is 0 Å². The fraction of sp³-hybridized carbons (Fsp3) is 0.357. The maximum Gasteiger partial charge on any atom is 0.268 e. The normalized spacial score (nSPS) is 14.5. The van der Waals surface area contributed by atoms with E-state index < -0.39 is 10.0 Å². The van der Waals surface area contributed by atoms with E-state index in [1.807, 2.05) is 6.07 Å². The Morgan fingerprint density at radius 2 is 2.00 bits per heavy atom. The lowest BCUT2D eigenvalue weighted by atomic mass is 10.1. The van der Waals surface area contributed by atoms with Gasteiger partial charge in [0.05, 0.1) is 17.1 Å². The number of hydrogen-bond donors (Lipinski definition) is 1. The van der Waals surface area contributed by atoms with Gasteiger partial charge in [-0.2, -0.15) is 5.10 Å². The zero-order chi connectivity index (χ0) is 15.4. The molecule has 0 fully saturated rings. The molecule has 0 atom stereocenters. The van der Waals surface area contributed by atoms with Crippen molar-refractivity contribution in [1.29, 1.82) is 0 Å². The van der Waals surface area contributed by atoms with Crippen LogP contribution < -0.4 is 10.0 Å². The van der Waals surface area contributed by atoms with Gasteiger partial charge >= 0.3 is 0 Å². The number of nitrogens with two attached hydrogens (primary N) is 1. The third kappa shape index (κ3) is 1.99. The minimum atomic E-state index is -3.60. The Bertz CT molecular complexity index is 824. The van der Waals surface area contributed by atoms with Gasteiger partial charge in [0.1, 0.15) is 4.90 Å². The molecule has 2 N–H and O–H groups in total. The van der Waals surface area contributed by atoms with Crippen molar-refractivity contribution >= 4 is 21.4 Å². The van der Waals surface area contributed by atoms with Crippen LogP contribution in [0.4, 0.5) is 11.4 Å². The summed E-state index contributed by atoms with van der Waals surface area (Å²) in [6, 6.07) is 5.35. The molecule has 1 aliphatic rings. The summed E-state index contributed by atoms with van der Waals surface area (Å²) >= 11 is 0. The summed E-state index contributed by atoms with van der Waals surface area (Å²) in [7, 11) is -1.85. The summed E-state index contributed by atoms with van der Waals surface area (Å²) in [6.07, 6.45) is 0.679. The van der Waals surface area contributed by atoms with Crippen molar-refractivity contribution in [3.63, 3.8) is 0 Å². The summed E-state index contributed by atoms with van der Waals surface area (Å²) in [5, 5.41) is 4.21. The molecule has 112 valence electrons. The Balaban J connectivity index is 2.14. The van der Waals surface area contributed by atoms with E-state index >= 15 is 0 Å². The average molecular weight is 306 g/mol. The molecule has 1 aromatic heterocycles. The highest BCUT2D eigenvalue weighted by atomic mass is 32.2. The van der Waals surface area contributed by atoms with Crippen LogP contribution in [0.1, 0.15) is 17.0 Å². The molecule has 2 aromatic rings. The van der Waals surface area contributed by atoms with Crippen molar-refractivity contribution in [3.05, 3.63) is 35.2 Å². The van der Waals surface area contributed by atoms with E-state index in [-0.39, 0.29) is 0 Å². The number of rotatable bonds is 2. The van der Waals surface area contributed by atoms with Crippen LogP contribution in [0.15, 0.2) is 23.1 Å². The van der Waals surface area contributed by atoms with Crippen LogP contribution in [0, 0.1) is 13.8 Å². The average Bonchev–Trinajstić information content (AvgIpc) is 2.91. The van der Waals surface area contributed by atoms with Gasteiger partial charge in [-0.1, -0.05) is 0 Å². The number of benzene rings is 1. The number of nitrogen functional groups attached to an aromatic ring is 1. The van der Waals surface area contributed by atoms with Gasteiger partial charge in [-0.25, -0.2) is 8.42 Å². The molecular weight excluding hydrogens is 288 g/mol. The largest absolute Gasteiger partial charge is 0.399 e. The fourth-order valence-electron chi connectivity index (χ4n) is 2.88. The first-order valence-corrected chi connectivity index (χ1v) is 8.17. The molecular formula is C14H18N4O2S. The molecule has 0 aliphatic carbocycles. The highest BCUT2D eigenvalue weighted by molar-refractivity contribution is 7.93. The van der Waals surface area contributed by atoms with E-state index in [1.54, 1.807) is 37.7 Å². The molecule has 0 bridgehead atoms. The number of nitrogens with zero attached hydrogens (tertiary/aromatic N) is 3. The van der Waals surface area contributed by atoms with Gasteiger partial charge < -0.3 is 5.73 Å². The molecule has 2 heterocycles. The molecule has 0 spiro atoms. The Morgan fingerprint density at radius 3 is 2.62 bits per heavy atom. The molecule has 1 aromatic carbocycles. The van der Waals surface area contributed by atoms with Crippen molar-refractivity contribution in [2.75, 3.05) is 16.6 Å². The molecule has 3 rings (SSSR count). The fourth-order valence-corrected chi connectivity index (χ4v) is 4.79. The van der Waals surface area contributed by atoms with E-state index in [2.05, 4.69) is 5.10 Å². The molecule has 1 aliphatic heterocycles. The molecule has 6 nitrogen and oxygen atoms in total. The van der Waals surface area contributed by atoms with E-state index in [4.69, 9.17) is 5.73 Å². The lowest BCUT2D eigenvalue weighted by Gasteiger charge is -2.19. The van der Waals surface area contributed by atoms with Crippen LogP contribution in [-0.2, 0) is 23.5 Å². The quantitative estimate of drug-likeness (QED) is 0.850. The summed E-state index contributed by atoms with van der Waals surface area (Å²) < 4.78 is 29.0. The van der Waals surface area contributed by atoms with Crippen molar-refractivity contribution in [2.45, 2.75) is 25.2 Å². The summed E-state index contributed by atoms with van der Waals surface area (Å²) in [6.45, 7) is 3.93. The van der Waals surface area contributed by atoms with Crippen molar-refractivity contribution < 1.29 is 8.42 Å². The lowest BCUT2D eigenvalue weighted by molar-refractivity contribution is 0.590. The van der Waals surface area contributed by atoms with Gasteiger partial charge in [-0.3, -0.25) is 8.99 Å². The molecule has 21 heavy (non-hydrogen) atoms. The van der Waals surface area contributed by atoms with E-state index in [1.165, 1.54) is 4.31 Å². The van der Waals surface area contributed by atoms with Crippen molar-refractivity contribution in [2.24, 2.45) is 7.05 Å². The first-order valence-electron chi connectivity index (χ1n) is 6.73. The monoisotopic (exact) mass is 306 g/mol. The van der Waals surface area contributed by atoms with Crippen LogP contribution in [-0.4, -0.2) is 24.7 Å². The maximum absolute atomic E-state index is 13.0. The SMILES string of the molecule is Cc1nn(C)c(C)c1S(=O)(=O)N1CCc2cc(N)ccc21. The molecule has 0 radical (unpaired) electrons. The third-order valence-electron chi connectivity index (χ3n) is 3.95. The number of aryl methyl sites for hydroxylation is 2. The third-order valence-corrected chi connectivity index (χ3v) is 6.01. The zero-order valence-corrected chi connectivity index (χ0v) is 13.1. The minimum absolute atomic E-state index is 0.301. The first kappa shape index (κ1) is 13.9. The second-order valence-corrected chi connectivity index (χ2v) is 7.14. The lowest BCUT2D eigenvalue weighted by Crippen LogP contribution is -2.30. The van der Waals surface area contributed by atoms with E-state index in [9.17, 15) is 8.42 Å². The second kappa shape index (κ2) is 4.49. The number of aromatic nitrogens is 2. The molecule has 7 heteroatoms. The number of anilines is 2. The van der Waals surface area contributed by atoms with Gasteiger partial charge in [0.2, 0.25) is 0 Å². The van der Waals surface area contributed by atoms with Gasteiger partial charge in [0, 0.05) is 19.3 Å². The van der Waals surface area contributed by atoms with Gasteiger partial charge in [-0.05, 0) is 44.0 Å². The molecule has 0 amide bonds. The van der Waals surface area contributed by atoms with Crippen LogP contribution in [0.25, 0.3) is 0 Å². The zero-order valence-electron chi connectivity index (χ0n) is 12.3. The highest BCUT2D eigenvalue weighted by Gasteiger charge is 2.34. The maximum atomic E-state index is 13.0. The number of hydrogen-bond acceptors (Lipinski definition) is 4. The second-order valence-electron chi connectivity index (χ2n) is 5.34. The first-order chi connectivity index (χ1) is 9.82. The van der Waals surface area contributed by atoms with Crippen molar-refractivity contribution in [3.8, 4) is 0 Å². The number of fused-ring (bicyclic) bond motifs is 1. The standard InChI is InChI=1S/C14H18N4O2S/c1-9-14(10(2)17(3)16-9)21(19,20)18-7-6-11-8-12(15)4-5-13(11)18/h4-5,8H,6-7,15H2,1-3H3. The topological polar surface area (TPSA) is 81.2 Å². The Kier molecular flexibility index (Phi) is 2.98. The molecule has 0 saturated carbocycles. The summed E-state index contributed by atoms with van der Waals surface area (Å²) in [4.78, 5) is 0.301. The van der Waals surface area contributed by atoms with Crippen molar-refractivity contribution in [1.82, 2.24) is 9.78 Å². The number of sulfonamides is 1. The van der Waals surface area contributed by atoms with Gasteiger partial charge in [0.15, 0.2) is 0 Å². The molecule has 0 saturated heterocycles. The van der Waals surface area contributed by atoms with Gasteiger partial charge in [0.25, 0.3) is 10.0 Å². The van der Waals surface area contributed by atoms with Gasteiger partial charge in [-0.15, -0.1) is 0 Å². The van der Waals surface area contributed by atoms with Crippen LogP contribution >= 0.6 is 0 Å². The predicted molar refractivity (Wildman–Crippen MR) is 81.8 cm³/mol. The summed E-state index contributed by atoms with van der Waals surface area (Å²) in [5.74, 6) is 0. The van der Waals surface area contributed by atoms with E-state index in [0.29, 0.717) is 40.6 Å². The Hall–Kier alpha value is -2.02. The van der Waals surface area contributed by atoms with Crippen LogP contribution in [0.2, 0.25) is 0 Å². The predicted octanol–water partition coefficient (Wildman–Crippen LogP) is 1.37. The van der Waals surface area contributed by atoms with E-state index in [0.717, 1.165) is 5.56 Å². The van der Waals surface area contributed by atoms with Crippen LogP contribution in [0.5, 0.6) is 0 Å². The summed E-state index contributed by atoms with van der Waals surface area (Å²) in [5.41, 5.74) is 9.28. The molecule has 0 unspecified atom stereocenters. The highest BCUT2D eigenvalue weighted by Crippen LogP contribution is 2.35.